The van der Waals surface area contributed by atoms with Crippen molar-refractivity contribution in [2.24, 2.45) is 0 Å². The Kier molecular flexibility index (Phi) is 5.19. The largest absolute Gasteiger partial charge is 0.383 e. The Labute approximate surface area is 117 Å². The second-order valence-corrected chi connectivity index (χ2v) is 4.52. The van der Waals surface area contributed by atoms with Crippen molar-refractivity contribution in [1.29, 1.82) is 0 Å². The van der Waals surface area contributed by atoms with Gasteiger partial charge in [-0.2, -0.15) is 0 Å². The minimum absolute atomic E-state index is 0.231. The van der Waals surface area contributed by atoms with E-state index in [0.717, 1.165) is 5.69 Å². The molecule has 100 valence electrons. The van der Waals surface area contributed by atoms with Crippen molar-refractivity contribution in [2.45, 2.75) is 6.61 Å². The van der Waals surface area contributed by atoms with E-state index in [1.807, 2.05) is 24.3 Å². The molecule has 4 heteroatoms. The molecular weight excluding hydrogens is 265 g/mol. The fraction of sp³-hybridized carbons (Fsp3) is 0.200. The van der Waals surface area contributed by atoms with Gasteiger partial charge in [-0.15, -0.1) is 0 Å². The smallest absolute Gasteiger partial charge is 0.128 e. The van der Waals surface area contributed by atoms with E-state index >= 15 is 0 Å². The molecule has 0 radical (unpaired) electrons. The van der Waals surface area contributed by atoms with Gasteiger partial charge in [0.05, 0.1) is 13.2 Å². The van der Waals surface area contributed by atoms with Crippen molar-refractivity contribution in [2.75, 3.05) is 18.5 Å². The van der Waals surface area contributed by atoms with Crippen LogP contribution in [0.15, 0.2) is 48.5 Å². The summed E-state index contributed by atoms with van der Waals surface area (Å²) in [5.74, 6) is -0.231. The molecule has 0 fully saturated rings. The highest BCUT2D eigenvalue weighted by Crippen LogP contribution is 2.14. The van der Waals surface area contributed by atoms with E-state index in [1.54, 1.807) is 18.2 Å². The minimum Gasteiger partial charge on any atom is -0.383 e. The van der Waals surface area contributed by atoms with Crippen LogP contribution >= 0.6 is 11.6 Å². The summed E-state index contributed by atoms with van der Waals surface area (Å²) in [7, 11) is 0. The van der Waals surface area contributed by atoms with E-state index in [-0.39, 0.29) is 12.4 Å². The number of anilines is 1. The molecule has 1 N–H and O–H groups in total. The third-order valence-corrected chi connectivity index (χ3v) is 2.85. The summed E-state index contributed by atoms with van der Waals surface area (Å²) in [6.45, 7) is 1.43. The lowest BCUT2D eigenvalue weighted by atomic mass is 10.2. The summed E-state index contributed by atoms with van der Waals surface area (Å²) in [4.78, 5) is 0. The lowest BCUT2D eigenvalue weighted by Gasteiger charge is -2.08. The molecule has 2 nitrogen and oxygen atoms in total. The monoisotopic (exact) mass is 279 g/mol. The Morgan fingerprint density at radius 2 is 1.95 bits per heavy atom. The molecule has 2 aromatic carbocycles. The summed E-state index contributed by atoms with van der Waals surface area (Å²) < 4.78 is 18.7. The zero-order valence-corrected chi connectivity index (χ0v) is 11.2. The Hall–Kier alpha value is -1.58. The molecule has 0 amide bonds. The number of ether oxygens (including phenoxy) is 1. The molecule has 0 saturated heterocycles. The van der Waals surface area contributed by atoms with Crippen molar-refractivity contribution < 1.29 is 9.13 Å². The number of hydrogen-bond donors (Lipinski definition) is 1. The first-order valence-electron chi connectivity index (χ1n) is 6.06. The molecule has 0 aliphatic rings. The predicted molar refractivity (Wildman–Crippen MR) is 76.0 cm³/mol. The molecule has 0 bridgehead atoms. The summed E-state index contributed by atoms with van der Waals surface area (Å²) in [6.07, 6.45) is 0. The van der Waals surface area contributed by atoms with Crippen molar-refractivity contribution in [3.05, 3.63) is 64.9 Å². The van der Waals surface area contributed by atoms with Gasteiger partial charge in [0.1, 0.15) is 5.82 Å². The molecule has 0 aliphatic carbocycles. The second kappa shape index (κ2) is 7.12. The number of rotatable bonds is 6. The first-order valence-corrected chi connectivity index (χ1v) is 6.44. The van der Waals surface area contributed by atoms with Crippen LogP contribution in [0.1, 0.15) is 5.56 Å². The Morgan fingerprint density at radius 3 is 2.74 bits per heavy atom. The van der Waals surface area contributed by atoms with E-state index in [0.29, 0.717) is 23.7 Å². The first-order chi connectivity index (χ1) is 9.25. The number of nitrogens with one attached hydrogen (secondary N) is 1. The zero-order chi connectivity index (χ0) is 13.5. The molecule has 0 heterocycles. The minimum atomic E-state index is -0.231. The molecule has 0 unspecified atom stereocenters. The van der Waals surface area contributed by atoms with E-state index in [9.17, 15) is 4.39 Å². The van der Waals surface area contributed by atoms with Gasteiger partial charge in [0.25, 0.3) is 0 Å². The highest BCUT2D eigenvalue weighted by atomic mass is 35.5. The zero-order valence-electron chi connectivity index (χ0n) is 10.4. The lowest BCUT2D eigenvalue weighted by molar-refractivity contribution is 0.128. The molecule has 0 spiro atoms. The molecule has 0 atom stereocenters. The standard InChI is InChI=1S/C15H15ClFNO/c16-13-5-3-6-14(10-13)18-8-9-19-11-12-4-1-2-7-15(12)17/h1-7,10,18H,8-9,11H2. The highest BCUT2D eigenvalue weighted by Gasteiger charge is 2.00. The maximum absolute atomic E-state index is 13.3. The molecule has 19 heavy (non-hydrogen) atoms. The lowest BCUT2D eigenvalue weighted by Crippen LogP contribution is -2.09. The fourth-order valence-electron chi connectivity index (χ4n) is 1.66. The Balaban J connectivity index is 1.69. The van der Waals surface area contributed by atoms with Crippen LogP contribution in [0.2, 0.25) is 5.02 Å². The maximum atomic E-state index is 13.3. The number of halogens is 2. The SMILES string of the molecule is Fc1ccccc1COCCNc1cccc(Cl)c1. The van der Waals surface area contributed by atoms with Crippen LogP contribution in [0.25, 0.3) is 0 Å². The van der Waals surface area contributed by atoms with E-state index in [2.05, 4.69) is 5.32 Å². The van der Waals surface area contributed by atoms with Gasteiger partial charge in [-0.3, -0.25) is 0 Å². The van der Waals surface area contributed by atoms with Gasteiger partial charge in [-0.25, -0.2) is 4.39 Å². The van der Waals surface area contributed by atoms with Gasteiger partial charge in [-0.1, -0.05) is 35.9 Å². The Bertz CT molecular complexity index is 533. The van der Waals surface area contributed by atoms with Crippen LogP contribution < -0.4 is 5.32 Å². The quantitative estimate of drug-likeness (QED) is 0.804. The van der Waals surface area contributed by atoms with Crippen molar-refractivity contribution in [3.63, 3.8) is 0 Å². The van der Waals surface area contributed by atoms with Crippen LogP contribution in [-0.4, -0.2) is 13.2 Å². The average molecular weight is 280 g/mol. The van der Waals surface area contributed by atoms with Crippen molar-refractivity contribution in [1.82, 2.24) is 0 Å². The van der Waals surface area contributed by atoms with Crippen molar-refractivity contribution in [3.8, 4) is 0 Å². The molecule has 0 aliphatic heterocycles. The van der Waals surface area contributed by atoms with Gasteiger partial charge in [0, 0.05) is 22.8 Å². The first kappa shape index (κ1) is 13.8. The van der Waals surface area contributed by atoms with Crippen LogP contribution in [0.4, 0.5) is 10.1 Å². The predicted octanol–water partition coefficient (Wildman–Crippen LogP) is 4.11. The number of hydrogen-bond acceptors (Lipinski definition) is 2. The summed E-state index contributed by atoms with van der Waals surface area (Å²) in [5.41, 5.74) is 1.52. The molecule has 2 aromatic rings. The van der Waals surface area contributed by atoms with E-state index in [1.165, 1.54) is 6.07 Å². The Morgan fingerprint density at radius 1 is 1.11 bits per heavy atom. The van der Waals surface area contributed by atoms with E-state index in [4.69, 9.17) is 16.3 Å². The van der Waals surface area contributed by atoms with Crippen molar-refractivity contribution >= 4 is 17.3 Å². The average Bonchev–Trinajstić information content (AvgIpc) is 2.40. The van der Waals surface area contributed by atoms with E-state index < -0.39 is 0 Å². The van der Waals surface area contributed by atoms with Crippen LogP contribution in [0, 0.1) is 5.82 Å². The van der Waals surface area contributed by atoms with Gasteiger partial charge in [0.15, 0.2) is 0 Å². The second-order valence-electron chi connectivity index (χ2n) is 4.08. The highest BCUT2D eigenvalue weighted by molar-refractivity contribution is 6.30. The van der Waals surface area contributed by atoms with Gasteiger partial charge in [-0.05, 0) is 24.3 Å². The van der Waals surface area contributed by atoms with Gasteiger partial charge in [0.2, 0.25) is 0 Å². The third-order valence-electron chi connectivity index (χ3n) is 2.62. The van der Waals surface area contributed by atoms with Gasteiger partial charge >= 0.3 is 0 Å². The maximum Gasteiger partial charge on any atom is 0.128 e. The van der Waals surface area contributed by atoms with Crippen LogP contribution in [-0.2, 0) is 11.3 Å². The van der Waals surface area contributed by atoms with Crippen LogP contribution in [0.3, 0.4) is 0 Å². The molecule has 0 aromatic heterocycles. The molecular formula is C15H15ClFNO. The fourth-order valence-corrected chi connectivity index (χ4v) is 1.85. The third kappa shape index (κ3) is 4.54. The normalized spacial score (nSPS) is 10.4. The summed E-state index contributed by atoms with van der Waals surface area (Å²) in [6, 6.07) is 14.1. The molecule has 2 rings (SSSR count). The van der Waals surface area contributed by atoms with Crippen LogP contribution in [0.5, 0.6) is 0 Å². The molecule has 0 saturated carbocycles. The summed E-state index contributed by atoms with van der Waals surface area (Å²) >= 11 is 5.87. The summed E-state index contributed by atoms with van der Waals surface area (Å²) in [5, 5.41) is 3.88. The number of benzene rings is 2. The topological polar surface area (TPSA) is 21.3 Å². The van der Waals surface area contributed by atoms with Gasteiger partial charge < -0.3 is 10.1 Å².